The van der Waals surface area contributed by atoms with E-state index in [2.05, 4.69) is 267 Å². The van der Waals surface area contributed by atoms with E-state index in [4.69, 9.17) is 4.42 Å². The first kappa shape index (κ1) is 45.4. The van der Waals surface area contributed by atoms with E-state index in [-0.39, 0.29) is 28.5 Å². The fourth-order valence-corrected chi connectivity index (χ4v) is 12.1. The van der Waals surface area contributed by atoms with Crippen LogP contribution in [0.3, 0.4) is 0 Å². The van der Waals surface area contributed by atoms with Crippen molar-refractivity contribution in [1.82, 2.24) is 9.05 Å². The van der Waals surface area contributed by atoms with Gasteiger partial charge in [0.25, 0.3) is 0 Å². The molecule has 0 N–H and O–H groups in total. The highest BCUT2D eigenvalue weighted by Crippen LogP contribution is 2.54. The molecule has 0 aliphatic carbocycles. The second-order valence-corrected chi connectivity index (χ2v) is 25.0. The molecule has 8 aromatic carbocycles. The Hall–Kier alpha value is -7.50. The van der Waals surface area contributed by atoms with Gasteiger partial charge < -0.3 is 18.4 Å². The van der Waals surface area contributed by atoms with Crippen LogP contribution in [0.1, 0.15) is 105 Å². The highest BCUT2D eigenvalue weighted by molar-refractivity contribution is 6.89. The maximum absolute atomic E-state index is 7.80. The second-order valence-electron chi connectivity index (χ2n) is 25.0. The fraction of sp³-hybridized carbons (Fsp3) is 0.235. The molecule has 73 heavy (non-hydrogen) atoms. The maximum atomic E-state index is 7.80. The van der Waals surface area contributed by atoms with Crippen LogP contribution in [-0.4, -0.2) is 15.9 Å². The third-order valence-electron chi connectivity index (χ3n) is 16.1. The lowest BCUT2D eigenvalue weighted by Gasteiger charge is -2.40. The molecule has 13 rings (SSSR count). The smallest absolute Gasteiger partial charge is 0.375 e. The first-order valence-electron chi connectivity index (χ1n) is 26.3. The highest BCUT2D eigenvalue weighted by atomic mass is 16.3. The molecule has 0 fully saturated rings. The predicted octanol–water partition coefficient (Wildman–Crippen LogP) is 17.4. The van der Waals surface area contributed by atoms with Crippen molar-refractivity contribution in [3.8, 4) is 39.3 Å². The standard InChI is InChI=1S/C68H64BN3O/c1-65(2,3)43-28-32-48(33-29-43)71-56-39-46(68(10,11)12)38-53-58-60-51(49-36-44(66(4,5)6)30-34-54(49)70(60)47-26-20-15-21-27-47)40-52-50-37-45(67(7,8)9)31-35-55(50)72(61(52)58)69(59(53)56)64-62(71)57(41-22-16-13-17-23-41)63(73-64)42-24-18-14-19-25-42/h13-40H,1-12H3. The Morgan fingerprint density at radius 1 is 0.411 bits per heavy atom. The number of nitrogens with zero attached hydrogens (tertiary/aromatic N) is 3. The van der Waals surface area contributed by atoms with E-state index in [0.717, 1.165) is 45.2 Å². The van der Waals surface area contributed by atoms with Gasteiger partial charge in [-0.05, 0) is 121 Å². The van der Waals surface area contributed by atoms with Crippen molar-refractivity contribution in [2.75, 3.05) is 4.90 Å². The average Bonchev–Trinajstić information content (AvgIpc) is 4.05. The zero-order valence-corrected chi connectivity index (χ0v) is 44.5. The topological polar surface area (TPSA) is 26.2 Å². The normalized spacial score (nSPS) is 13.7. The molecule has 0 unspecified atom stereocenters. The minimum atomic E-state index is -0.300. The van der Waals surface area contributed by atoms with Gasteiger partial charge in [0.1, 0.15) is 11.4 Å². The van der Waals surface area contributed by atoms with Crippen molar-refractivity contribution in [3.63, 3.8) is 0 Å². The molecule has 0 atom stereocenters. The van der Waals surface area contributed by atoms with Crippen LogP contribution in [-0.2, 0) is 21.7 Å². The third kappa shape index (κ3) is 6.80. The number of para-hydroxylation sites is 1. The Labute approximate surface area is 431 Å². The van der Waals surface area contributed by atoms with Gasteiger partial charge in [0.2, 0.25) is 0 Å². The van der Waals surface area contributed by atoms with Crippen LogP contribution in [0, 0.1) is 0 Å². The summed E-state index contributed by atoms with van der Waals surface area (Å²) in [5, 5.41) is 5.07. The number of hydrogen-bond donors (Lipinski definition) is 0. The first-order valence-corrected chi connectivity index (χ1v) is 26.3. The third-order valence-corrected chi connectivity index (χ3v) is 16.1. The number of benzene rings is 8. The van der Waals surface area contributed by atoms with Gasteiger partial charge in [0.15, 0.2) is 0 Å². The Morgan fingerprint density at radius 2 is 0.932 bits per heavy atom. The summed E-state index contributed by atoms with van der Waals surface area (Å²) >= 11 is 0. The summed E-state index contributed by atoms with van der Waals surface area (Å²) < 4.78 is 13.1. The molecule has 4 nitrogen and oxygen atoms in total. The lowest BCUT2D eigenvalue weighted by atomic mass is 9.47. The Bertz CT molecular complexity index is 4030. The first-order chi connectivity index (χ1) is 34.8. The van der Waals surface area contributed by atoms with Crippen LogP contribution in [0.5, 0.6) is 0 Å². The summed E-state index contributed by atoms with van der Waals surface area (Å²) in [6.07, 6.45) is 0. The molecule has 360 valence electrons. The van der Waals surface area contributed by atoms with Crippen molar-refractivity contribution in [1.29, 1.82) is 0 Å². The second kappa shape index (κ2) is 15.5. The minimum absolute atomic E-state index is 0.0129. The molecule has 2 aliphatic rings. The van der Waals surface area contributed by atoms with E-state index in [1.807, 2.05) is 0 Å². The molecule has 3 aromatic heterocycles. The van der Waals surface area contributed by atoms with Crippen LogP contribution >= 0.6 is 0 Å². The molecule has 0 bridgehead atoms. The molecule has 0 saturated heterocycles. The summed E-state index contributed by atoms with van der Waals surface area (Å²) in [6, 6.07) is 64.2. The van der Waals surface area contributed by atoms with E-state index in [0.29, 0.717) is 0 Å². The van der Waals surface area contributed by atoms with E-state index in [1.54, 1.807) is 0 Å². The van der Waals surface area contributed by atoms with Gasteiger partial charge in [-0.1, -0.05) is 192 Å². The molecule has 5 heteroatoms. The number of aromatic nitrogens is 2. The van der Waals surface area contributed by atoms with E-state index < -0.39 is 0 Å². The highest BCUT2D eigenvalue weighted by Gasteiger charge is 2.49. The van der Waals surface area contributed by atoms with E-state index >= 15 is 0 Å². The van der Waals surface area contributed by atoms with Crippen LogP contribution < -0.4 is 16.0 Å². The summed E-state index contributed by atoms with van der Waals surface area (Å²) in [7, 11) is 0. The largest absolute Gasteiger partial charge is 0.465 e. The predicted molar refractivity (Wildman–Crippen MR) is 312 cm³/mol. The van der Waals surface area contributed by atoms with Crippen molar-refractivity contribution in [3.05, 3.63) is 192 Å². The van der Waals surface area contributed by atoms with Crippen LogP contribution in [0.15, 0.2) is 174 Å². The molecule has 0 saturated carbocycles. The van der Waals surface area contributed by atoms with Crippen molar-refractivity contribution < 1.29 is 4.42 Å². The van der Waals surface area contributed by atoms with Gasteiger partial charge in [0, 0.05) is 60.8 Å². The fourth-order valence-electron chi connectivity index (χ4n) is 12.1. The SMILES string of the molecule is CC(C)(C)c1ccc(N2c3cc(C(C)(C)C)cc4c3B(c3oc(-c5ccccc5)c(-c5ccccc5)c32)n2c3ccc(C(C)(C)C)cc3c3cc5c6cc(C(C)(C)C)ccc6n(-c6ccccc6)c5c-4c32)cc1. The molecule has 0 amide bonds. The maximum Gasteiger partial charge on any atom is 0.375 e. The number of hydrogen-bond acceptors (Lipinski definition) is 2. The molecule has 5 heterocycles. The zero-order chi connectivity index (χ0) is 50.7. The lowest BCUT2D eigenvalue weighted by molar-refractivity contribution is 0.590. The van der Waals surface area contributed by atoms with Gasteiger partial charge in [-0.2, -0.15) is 0 Å². The van der Waals surface area contributed by atoms with Crippen molar-refractivity contribution >= 4 is 78.6 Å². The lowest BCUT2D eigenvalue weighted by Crippen LogP contribution is -2.56. The Balaban J connectivity index is 1.29. The van der Waals surface area contributed by atoms with Crippen LogP contribution in [0.4, 0.5) is 17.1 Å². The summed E-state index contributed by atoms with van der Waals surface area (Å²) in [5.41, 5.74) is 22.3. The molecule has 11 aromatic rings. The Kier molecular flexibility index (Phi) is 9.64. The quantitative estimate of drug-likeness (QED) is 0.164. The van der Waals surface area contributed by atoms with Crippen LogP contribution in [0.2, 0.25) is 0 Å². The molecule has 0 radical (unpaired) electrons. The Morgan fingerprint density at radius 3 is 1.52 bits per heavy atom. The zero-order valence-electron chi connectivity index (χ0n) is 44.5. The number of anilines is 3. The van der Waals surface area contributed by atoms with E-state index in [1.165, 1.54) is 88.1 Å². The minimum Gasteiger partial charge on any atom is -0.465 e. The number of fused-ring (bicyclic) bond motifs is 11. The van der Waals surface area contributed by atoms with Crippen molar-refractivity contribution in [2.45, 2.75) is 105 Å². The van der Waals surface area contributed by atoms with Crippen LogP contribution in [0.25, 0.3) is 82.9 Å². The summed E-state index contributed by atoms with van der Waals surface area (Å²) in [5.74, 6) is 0.876. The van der Waals surface area contributed by atoms with Gasteiger partial charge in [-0.3, -0.25) is 0 Å². The number of furan rings is 1. The molecular formula is C68H64BN3O. The average molecular weight is 950 g/mol. The van der Waals surface area contributed by atoms with Crippen molar-refractivity contribution in [2.24, 2.45) is 0 Å². The monoisotopic (exact) mass is 950 g/mol. The van der Waals surface area contributed by atoms with Gasteiger partial charge in [-0.25, -0.2) is 0 Å². The summed E-state index contributed by atoms with van der Waals surface area (Å²) in [4.78, 5) is 2.57. The number of rotatable bonds is 4. The summed E-state index contributed by atoms with van der Waals surface area (Å²) in [6.45, 7) is 27.7. The van der Waals surface area contributed by atoms with Gasteiger partial charge in [-0.15, -0.1) is 0 Å². The van der Waals surface area contributed by atoms with Gasteiger partial charge in [0.05, 0.1) is 22.3 Å². The molecule has 0 spiro atoms. The molecular weight excluding hydrogens is 886 g/mol. The molecule has 2 aliphatic heterocycles. The van der Waals surface area contributed by atoms with Gasteiger partial charge >= 0.3 is 6.85 Å². The van der Waals surface area contributed by atoms with E-state index in [9.17, 15) is 0 Å².